The van der Waals surface area contributed by atoms with Crippen LogP contribution in [0.2, 0.25) is 52.4 Å². The highest BCUT2D eigenvalue weighted by Gasteiger charge is 2.57. The molecule has 17 atom stereocenters. The van der Waals surface area contributed by atoms with Crippen LogP contribution < -0.4 is 42.5 Å². The fraction of sp³-hybridized carbons (Fsp3) is 0.895. The minimum atomic E-state index is -1.81. The summed E-state index contributed by atoms with van der Waals surface area (Å²) in [4.78, 5) is 0. The second-order valence-electron chi connectivity index (χ2n) is 34.0. The Labute approximate surface area is 561 Å². The van der Waals surface area contributed by atoms with Crippen molar-refractivity contribution in [1.29, 1.82) is 0 Å². The lowest BCUT2D eigenvalue weighted by atomic mass is 9.62. The van der Waals surface area contributed by atoms with Crippen molar-refractivity contribution in [1.82, 2.24) is 42.5 Å². The Kier molecular flexibility index (Phi) is 30.5. The highest BCUT2D eigenvalue weighted by atomic mass is 28.4. The summed E-state index contributed by atoms with van der Waals surface area (Å²) in [6, 6.07) is 0. The van der Waals surface area contributed by atoms with Crippen molar-refractivity contribution in [3.63, 3.8) is 0 Å². The minimum absolute atomic E-state index is 0.329. The Morgan fingerprint density at radius 2 is 0.533 bits per heavy atom. The van der Waals surface area contributed by atoms with Crippen LogP contribution in [0.4, 0.5) is 0 Å². The normalized spacial score (nSPS) is 33.5. The van der Waals surface area contributed by atoms with Crippen LogP contribution in [0.1, 0.15) is 273 Å². The molecule has 5 heterocycles. The van der Waals surface area contributed by atoms with Crippen molar-refractivity contribution >= 4 is 33.3 Å². The van der Waals surface area contributed by atoms with E-state index in [1.807, 2.05) is 0 Å². The number of hydrogen-bond acceptors (Lipinski definition) is 10. The van der Waals surface area contributed by atoms with E-state index in [2.05, 4.69) is 170 Å². The second-order valence-corrected chi connectivity index (χ2v) is 50.6. The summed E-state index contributed by atoms with van der Waals surface area (Å²) >= 11 is 0. The first-order valence-electron chi connectivity index (χ1n) is 39.0. The number of nitrogens with one attached hydrogen (secondary N) is 8. The number of unbranched alkanes of at least 4 members (excludes halogenated alkanes) is 12. The van der Waals surface area contributed by atoms with E-state index in [-0.39, 0.29) is 0 Å². The molecule has 0 spiro atoms. The largest absolute Gasteiger partial charge is 0.449 e. The zero-order chi connectivity index (χ0) is 65.4. The molecule has 9 aliphatic rings. The lowest BCUT2D eigenvalue weighted by molar-refractivity contribution is 0.0492. The summed E-state index contributed by atoms with van der Waals surface area (Å²) in [7, 11) is -7.25. The standard InChI is InChI=1S/C36H64N8.2C20H42OSi2/c1-36(2,3)26-18-10-17-25-27(26)35-43-33-24-16-9-8-15-23(24)31(41-33)39-29-20-12-5-4-11-19(20)28(37-29)38-30-21-13-6-7-14-22(21)32(40-30)42-34(25)44-35;2*1-9-11-13-15-17-19(3)22(5,6)21-23(7,8)20(4)18-16-14-12-10-2/h19-35,37-44H,4-18H2,1-3H3;2*3-4,9-18H2,1-2,5-8H3. The van der Waals surface area contributed by atoms with Gasteiger partial charge in [0.1, 0.15) is 0 Å². The summed E-state index contributed by atoms with van der Waals surface area (Å²) in [6.07, 6.45) is 49.3. The van der Waals surface area contributed by atoms with Gasteiger partial charge in [-0.1, -0.05) is 191 Å². The van der Waals surface area contributed by atoms with E-state index >= 15 is 0 Å². The molecule has 10 nitrogen and oxygen atoms in total. The average Bonchev–Trinajstić information content (AvgIpc) is 1.90. The van der Waals surface area contributed by atoms with Crippen LogP contribution in [-0.2, 0) is 8.23 Å². The predicted octanol–water partition coefficient (Wildman–Crippen LogP) is 19.0. The van der Waals surface area contributed by atoms with Crippen LogP contribution in [0.3, 0.4) is 0 Å². The van der Waals surface area contributed by atoms with E-state index < -0.39 is 33.3 Å². The molecule has 0 aromatic rings. The van der Waals surface area contributed by atoms with Gasteiger partial charge in [0.2, 0.25) is 33.3 Å². The van der Waals surface area contributed by atoms with Gasteiger partial charge in [0.15, 0.2) is 0 Å². The Morgan fingerprint density at radius 3 is 0.767 bits per heavy atom. The summed E-state index contributed by atoms with van der Waals surface area (Å²) < 4.78 is 13.5. The van der Waals surface area contributed by atoms with Crippen molar-refractivity contribution < 1.29 is 8.23 Å². The SMILES string of the molecule is C=C(CCCCCC)[Si](C)(C)O[Si](C)(C)C(=C)CCCCCC.C=C(CCCCCC)[Si](C)(C)O[Si](C)(C)C(=C)CCCCCC.CC(C)(C)C1CCCC2C3NC4NC(NC5NC(NC6NC(NC(N3)C21)C1CCCCC61)C1CCCCC51)C1CCCCC41. The zero-order valence-electron chi connectivity index (χ0n) is 61.7. The van der Waals surface area contributed by atoms with Gasteiger partial charge in [0, 0.05) is 0 Å². The summed E-state index contributed by atoms with van der Waals surface area (Å²) in [6.45, 7) is 52.7. The van der Waals surface area contributed by atoms with E-state index in [4.69, 9.17) is 8.23 Å². The fourth-order valence-corrected chi connectivity index (χ4v) is 34.5. The molecule has 14 heteroatoms. The lowest BCUT2D eigenvalue weighted by Crippen LogP contribution is -2.62. The third kappa shape index (κ3) is 21.0. The molecule has 9 fully saturated rings. The van der Waals surface area contributed by atoms with Crippen LogP contribution in [0, 0.1) is 58.7 Å². The topological polar surface area (TPSA) is 115 Å². The van der Waals surface area contributed by atoms with Crippen LogP contribution in [0.25, 0.3) is 0 Å². The van der Waals surface area contributed by atoms with E-state index in [1.165, 1.54) is 220 Å². The number of fused-ring (bicyclic) bond motifs is 20. The smallest absolute Gasteiger partial charge is 0.201 e. The third-order valence-corrected chi connectivity index (χ3v) is 40.7. The van der Waals surface area contributed by atoms with Crippen LogP contribution in [0.15, 0.2) is 47.1 Å². The molecule has 0 amide bonds. The molecule has 4 saturated carbocycles. The van der Waals surface area contributed by atoms with Crippen molar-refractivity contribution in [3.05, 3.63) is 47.1 Å². The first kappa shape index (κ1) is 76.8. The van der Waals surface area contributed by atoms with E-state index in [1.54, 1.807) is 0 Å². The van der Waals surface area contributed by atoms with Gasteiger partial charge in [-0.25, -0.2) is 0 Å². The third-order valence-electron chi connectivity index (χ3n) is 24.8. The Balaban J connectivity index is 0.000000214. The molecule has 9 rings (SSSR count). The molecular formula is C76H148N8O2Si4. The highest BCUT2D eigenvalue weighted by Crippen LogP contribution is 2.51. The molecule has 5 saturated heterocycles. The van der Waals surface area contributed by atoms with Crippen molar-refractivity contribution in [2.45, 2.75) is 375 Å². The van der Waals surface area contributed by atoms with Gasteiger partial charge < -0.3 is 8.23 Å². The first-order chi connectivity index (χ1) is 42.8. The molecule has 5 aliphatic heterocycles. The van der Waals surface area contributed by atoms with Crippen molar-refractivity contribution in [3.8, 4) is 0 Å². The molecule has 520 valence electrons. The maximum atomic E-state index is 6.74. The van der Waals surface area contributed by atoms with Gasteiger partial charge in [-0.2, -0.15) is 0 Å². The highest BCUT2D eigenvalue weighted by molar-refractivity contribution is 6.92. The molecule has 8 N–H and O–H groups in total. The van der Waals surface area contributed by atoms with Crippen LogP contribution in [-0.4, -0.2) is 82.6 Å². The fourth-order valence-electron chi connectivity index (χ4n) is 18.9. The summed E-state index contributed by atoms with van der Waals surface area (Å²) in [5, 5.41) is 39.8. The molecule has 0 radical (unpaired) electrons. The van der Waals surface area contributed by atoms with Gasteiger partial charge in [-0.3, -0.25) is 42.5 Å². The van der Waals surface area contributed by atoms with Crippen molar-refractivity contribution in [2.24, 2.45) is 58.7 Å². The van der Waals surface area contributed by atoms with E-state index in [9.17, 15) is 0 Å². The molecule has 8 bridgehead atoms. The lowest BCUT2D eigenvalue weighted by Gasteiger charge is -2.45. The van der Waals surface area contributed by atoms with Gasteiger partial charge in [-0.05, 0) is 214 Å². The Morgan fingerprint density at radius 1 is 0.311 bits per heavy atom. The quantitative estimate of drug-likeness (QED) is 0.0285. The van der Waals surface area contributed by atoms with Crippen molar-refractivity contribution in [2.75, 3.05) is 0 Å². The average molecular weight is 1320 g/mol. The monoisotopic (exact) mass is 1320 g/mol. The second kappa shape index (κ2) is 35.8. The van der Waals surface area contributed by atoms with Gasteiger partial charge >= 0.3 is 0 Å². The molecule has 17 unspecified atom stereocenters. The van der Waals surface area contributed by atoms with Crippen LogP contribution in [0.5, 0.6) is 0 Å². The summed E-state index contributed by atoms with van der Waals surface area (Å²) in [5.41, 5.74) is 0.329. The first-order valence-corrected chi connectivity index (χ1v) is 50.6. The van der Waals surface area contributed by atoms with E-state index in [0.717, 1.165) is 67.1 Å². The maximum Gasteiger partial charge on any atom is 0.201 e. The molecule has 0 aromatic heterocycles. The predicted molar refractivity (Wildman–Crippen MR) is 399 cm³/mol. The Hall–Kier alpha value is -0.572. The Bertz CT molecular complexity index is 2060. The summed E-state index contributed by atoms with van der Waals surface area (Å²) in [5.74, 6) is 6.48. The van der Waals surface area contributed by atoms with Gasteiger partial charge in [-0.15, -0.1) is 26.3 Å². The molecule has 4 aliphatic carbocycles. The van der Waals surface area contributed by atoms with Gasteiger partial charge in [0.25, 0.3) is 0 Å². The maximum absolute atomic E-state index is 6.74. The number of hydrogen-bond donors (Lipinski definition) is 8. The molecule has 0 aromatic carbocycles. The van der Waals surface area contributed by atoms with E-state index in [0.29, 0.717) is 66.6 Å². The van der Waals surface area contributed by atoms with Crippen LogP contribution >= 0.6 is 0 Å². The zero-order valence-corrected chi connectivity index (χ0v) is 65.7. The number of rotatable bonds is 28. The van der Waals surface area contributed by atoms with Gasteiger partial charge in [0.05, 0.1) is 49.3 Å². The molecular weight excluding hydrogens is 1170 g/mol. The minimum Gasteiger partial charge on any atom is -0.449 e. The molecule has 90 heavy (non-hydrogen) atoms. The number of allylic oxidation sites excluding steroid dienone is 4.